The smallest absolute Gasteiger partial charge is 0.253 e. The first kappa shape index (κ1) is 18.5. The first-order valence-corrected chi connectivity index (χ1v) is 10.1. The first-order valence-electron chi connectivity index (χ1n) is 8.92. The van der Waals surface area contributed by atoms with E-state index in [1.54, 1.807) is 11.8 Å². The van der Waals surface area contributed by atoms with Crippen LogP contribution < -0.4 is 0 Å². The quantitative estimate of drug-likeness (QED) is 0.778. The average Bonchev–Trinajstić information content (AvgIpc) is 2.95. The zero-order chi connectivity index (χ0) is 18.4. The Morgan fingerprint density at radius 1 is 0.885 bits per heavy atom. The van der Waals surface area contributed by atoms with Crippen LogP contribution in [0, 0.1) is 0 Å². The lowest BCUT2D eigenvalue weighted by molar-refractivity contribution is -0.130. The van der Waals surface area contributed by atoms with E-state index in [4.69, 9.17) is 0 Å². The largest absolute Gasteiger partial charge is 0.341 e. The summed E-state index contributed by atoms with van der Waals surface area (Å²) in [5.41, 5.74) is 1.75. The van der Waals surface area contributed by atoms with E-state index in [1.807, 2.05) is 58.5 Å². The summed E-state index contributed by atoms with van der Waals surface area (Å²) in [6.45, 7) is 2.59. The highest BCUT2D eigenvalue weighted by Crippen LogP contribution is 2.16. The van der Waals surface area contributed by atoms with E-state index in [-0.39, 0.29) is 11.8 Å². The maximum absolute atomic E-state index is 12.6. The number of hydrogen-bond acceptors (Lipinski definition) is 3. The van der Waals surface area contributed by atoms with Crippen molar-refractivity contribution in [2.45, 2.75) is 17.7 Å². The SMILES string of the molecule is CSc1ccc(CC(=O)N2CCCN(C(=O)c3ccccc3)CC2)cc1. The fraction of sp³-hybridized carbons (Fsp3) is 0.333. The Morgan fingerprint density at radius 2 is 1.54 bits per heavy atom. The Kier molecular flexibility index (Phi) is 6.34. The number of thioether (sulfide) groups is 1. The average molecular weight is 369 g/mol. The number of carbonyl (C=O) groups excluding carboxylic acids is 2. The van der Waals surface area contributed by atoms with Gasteiger partial charge in [0.05, 0.1) is 6.42 Å². The van der Waals surface area contributed by atoms with Crippen molar-refractivity contribution >= 4 is 23.6 Å². The fourth-order valence-electron chi connectivity index (χ4n) is 3.16. The third kappa shape index (κ3) is 4.67. The summed E-state index contributed by atoms with van der Waals surface area (Å²) in [5.74, 6) is 0.184. The molecule has 0 N–H and O–H groups in total. The molecule has 5 heteroatoms. The van der Waals surface area contributed by atoms with Crippen LogP contribution in [0.2, 0.25) is 0 Å². The van der Waals surface area contributed by atoms with Crippen molar-refractivity contribution in [1.82, 2.24) is 9.80 Å². The fourth-order valence-corrected chi connectivity index (χ4v) is 3.57. The molecule has 3 rings (SSSR count). The van der Waals surface area contributed by atoms with Gasteiger partial charge in [0.1, 0.15) is 0 Å². The monoisotopic (exact) mass is 368 g/mol. The van der Waals surface area contributed by atoms with Crippen LogP contribution >= 0.6 is 11.8 Å². The van der Waals surface area contributed by atoms with E-state index in [0.717, 1.165) is 12.0 Å². The lowest BCUT2D eigenvalue weighted by Gasteiger charge is -2.22. The van der Waals surface area contributed by atoms with Crippen molar-refractivity contribution in [3.8, 4) is 0 Å². The van der Waals surface area contributed by atoms with Crippen molar-refractivity contribution in [2.75, 3.05) is 32.4 Å². The van der Waals surface area contributed by atoms with E-state index in [9.17, 15) is 9.59 Å². The standard InChI is InChI=1S/C21H24N2O2S/c1-26-19-10-8-17(9-11-19)16-20(24)22-12-5-13-23(15-14-22)21(25)18-6-3-2-4-7-18/h2-4,6-11H,5,12-16H2,1H3. The van der Waals surface area contributed by atoms with Crippen LogP contribution in [0.4, 0.5) is 0 Å². The molecule has 0 radical (unpaired) electrons. The highest BCUT2D eigenvalue weighted by Gasteiger charge is 2.22. The number of carbonyl (C=O) groups is 2. The van der Waals surface area contributed by atoms with E-state index >= 15 is 0 Å². The zero-order valence-electron chi connectivity index (χ0n) is 15.1. The molecule has 1 fully saturated rings. The van der Waals surface area contributed by atoms with Crippen molar-refractivity contribution < 1.29 is 9.59 Å². The van der Waals surface area contributed by atoms with Crippen LogP contribution in [0.25, 0.3) is 0 Å². The molecule has 1 aliphatic heterocycles. The van der Waals surface area contributed by atoms with Gasteiger partial charge < -0.3 is 9.80 Å². The van der Waals surface area contributed by atoms with Crippen molar-refractivity contribution in [3.63, 3.8) is 0 Å². The third-order valence-electron chi connectivity index (χ3n) is 4.67. The predicted octanol–water partition coefficient (Wildman–Crippen LogP) is 3.33. The van der Waals surface area contributed by atoms with Crippen molar-refractivity contribution in [2.24, 2.45) is 0 Å². The van der Waals surface area contributed by atoms with Crippen LogP contribution in [0.5, 0.6) is 0 Å². The van der Waals surface area contributed by atoms with E-state index in [1.165, 1.54) is 4.90 Å². The van der Waals surface area contributed by atoms with Crippen molar-refractivity contribution in [3.05, 3.63) is 65.7 Å². The number of benzene rings is 2. The summed E-state index contributed by atoms with van der Waals surface area (Å²) in [7, 11) is 0. The molecule has 26 heavy (non-hydrogen) atoms. The molecule has 0 aliphatic carbocycles. The minimum Gasteiger partial charge on any atom is -0.341 e. The molecule has 0 saturated carbocycles. The van der Waals surface area contributed by atoms with E-state index in [0.29, 0.717) is 38.2 Å². The third-order valence-corrected chi connectivity index (χ3v) is 5.41. The maximum Gasteiger partial charge on any atom is 0.253 e. The van der Waals surface area contributed by atoms with Crippen molar-refractivity contribution in [1.29, 1.82) is 0 Å². The van der Waals surface area contributed by atoms with Gasteiger partial charge in [-0.05, 0) is 42.5 Å². The second-order valence-corrected chi connectivity index (χ2v) is 7.30. The molecule has 0 atom stereocenters. The highest BCUT2D eigenvalue weighted by atomic mass is 32.2. The lowest BCUT2D eigenvalue weighted by atomic mass is 10.1. The van der Waals surface area contributed by atoms with E-state index < -0.39 is 0 Å². The molecule has 1 saturated heterocycles. The Bertz CT molecular complexity index is 746. The number of amides is 2. The summed E-state index contributed by atoms with van der Waals surface area (Å²) < 4.78 is 0. The first-order chi connectivity index (χ1) is 12.7. The van der Waals surface area contributed by atoms with Gasteiger partial charge in [0.2, 0.25) is 5.91 Å². The lowest BCUT2D eigenvalue weighted by Crippen LogP contribution is -2.38. The number of nitrogens with zero attached hydrogens (tertiary/aromatic N) is 2. The topological polar surface area (TPSA) is 40.6 Å². The highest BCUT2D eigenvalue weighted by molar-refractivity contribution is 7.98. The molecule has 0 spiro atoms. The second-order valence-electron chi connectivity index (χ2n) is 6.42. The molecule has 0 aromatic heterocycles. The molecule has 2 aromatic carbocycles. The molecule has 2 aromatic rings. The minimum atomic E-state index is 0.0487. The summed E-state index contributed by atoms with van der Waals surface area (Å²) in [4.78, 5) is 30.2. The zero-order valence-corrected chi connectivity index (χ0v) is 15.9. The number of hydrogen-bond donors (Lipinski definition) is 0. The van der Waals surface area contributed by atoms with Crippen LogP contribution in [0.15, 0.2) is 59.5 Å². The Balaban J connectivity index is 1.57. The van der Waals surface area contributed by atoms with Gasteiger partial charge in [-0.3, -0.25) is 9.59 Å². The van der Waals surface area contributed by atoms with Gasteiger partial charge in [0.25, 0.3) is 5.91 Å². The van der Waals surface area contributed by atoms with Gasteiger partial charge in [0.15, 0.2) is 0 Å². The van der Waals surface area contributed by atoms with Crippen LogP contribution in [0.3, 0.4) is 0 Å². The molecule has 2 amide bonds. The summed E-state index contributed by atoms with van der Waals surface area (Å²) in [5, 5.41) is 0. The normalized spacial score (nSPS) is 14.8. The molecule has 0 bridgehead atoms. The van der Waals surface area contributed by atoms with E-state index in [2.05, 4.69) is 12.1 Å². The maximum atomic E-state index is 12.6. The molecular weight excluding hydrogens is 344 g/mol. The predicted molar refractivity (Wildman–Crippen MR) is 105 cm³/mol. The molecule has 1 aliphatic rings. The molecule has 136 valence electrons. The summed E-state index contributed by atoms with van der Waals surface area (Å²) >= 11 is 1.70. The van der Waals surface area contributed by atoms with Gasteiger partial charge in [0, 0.05) is 36.6 Å². The molecule has 4 nitrogen and oxygen atoms in total. The second kappa shape index (κ2) is 8.90. The minimum absolute atomic E-state index is 0.0487. The van der Waals surface area contributed by atoms with Gasteiger partial charge in [-0.25, -0.2) is 0 Å². The summed E-state index contributed by atoms with van der Waals surface area (Å²) in [6, 6.07) is 17.5. The van der Waals surface area contributed by atoms with Crippen LogP contribution in [-0.2, 0) is 11.2 Å². The van der Waals surface area contributed by atoms with Gasteiger partial charge in [-0.1, -0.05) is 30.3 Å². The van der Waals surface area contributed by atoms with Gasteiger partial charge >= 0.3 is 0 Å². The Labute approximate surface area is 159 Å². The van der Waals surface area contributed by atoms with Crippen LogP contribution in [-0.4, -0.2) is 54.0 Å². The Morgan fingerprint density at radius 3 is 2.23 bits per heavy atom. The van der Waals surface area contributed by atoms with Gasteiger partial charge in [-0.2, -0.15) is 0 Å². The Hall–Kier alpha value is -2.27. The van der Waals surface area contributed by atoms with Gasteiger partial charge in [-0.15, -0.1) is 11.8 Å². The summed E-state index contributed by atoms with van der Waals surface area (Å²) in [6.07, 6.45) is 3.27. The molecule has 0 unspecified atom stereocenters. The number of rotatable bonds is 4. The van der Waals surface area contributed by atoms with Crippen LogP contribution in [0.1, 0.15) is 22.3 Å². The molecule has 1 heterocycles. The molecular formula is C21H24N2O2S.